The van der Waals surface area contributed by atoms with Gasteiger partial charge in [-0.15, -0.1) is 0 Å². The highest BCUT2D eigenvalue weighted by Crippen LogP contribution is 2.51. The van der Waals surface area contributed by atoms with E-state index in [-0.39, 0.29) is 17.8 Å². The fourth-order valence-corrected chi connectivity index (χ4v) is 7.09. The summed E-state index contributed by atoms with van der Waals surface area (Å²) in [6.07, 6.45) is -7.03. The molecule has 9 atom stereocenters. The van der Waals surface area contributed by atoms with E-state index in [0.717, 1.165) is 12.3 Å². The lowest BCUT2D eigenvalue weighted by molar-refractivity contribution is -0.237. The number of phosphoric acid groups is 1. The molecule has 6 rings (SSSR count). The Hall–Kier alpha value is -2.48. The number of alkyl halides is 1. The van der Waals surface area contributed by atoms with Gasteiger partial charge in [0.15, 0.2) is 23.9 Å². The van der Waals surface area contributed by atoms with E-state index < -0.39 is 82.0 Å². The van der Waals surface area contributed by atoms with Crippen molar-refractivity contribution in [3.63, 3.8) is 0 Å². The molecule has 3 saturated heterocycles. The molecule has 0 spiro atoms. The standard InChI is InChI=1S/C19H22FN7O11P2S/c20-13-15-10(36-18(13)26-2-1-11(28)25-19(26)29)5-33-39(30,31)37-8-3-12(35-9(8)4-34-40(32,41)38-15)27-7-24-14-16(21)22-6-23-17(14)27/h1-2,6-10,12-13,15,18H,3-5H2,(H,30,31)(H,32,41)(H2,21,22,23)(H,25,28,29)/p-2/t8-,9+,10+,12+,13+,15+,18+,40?/m0/s1. The number of aromatic nitrogens is 6. The third kappa shape index (κ3) is 5.65. The molecule has 0 saturated carbocycles. The van der Waals surface area contributed by atoms with Crippen molar-refractivity contribution >= 4 is 43.3 Å². The molecule has 0 amide bonds. The summed E-state index contributed by atoms with van der Waals surface area (Å²) < 4.78 is 62.7. The van der Waals surface area contributed by atoms with Gasteiger partial charge in [0.25, 0.3) is 13.4 Å². The van der Waals surface area contributed by atoms with Crippen LogP contribution in [0.25, 0.3) is 11.2 Å². The molecular weight excluding hydrogens is 615 g/mol. The van der Waals surface area contributed by atoms with Gasteiger partial charge in [0.2, 0.25) is 0 Å². The minimum absolute atomic E-state index is 0.0755. The highest BCUT2D eigenvalue weighted by atomic mass is 32.5. The zero-order valence-electron chi connectivity index (χ0n) is 20.5. The summed E-state index contributed by atoms with van der Waals surface area (Å²) in [5, 5.41) is 0. The van der Waals surface area contributed by atoms with Gasteiger partial charge < -0.3 is 43.1 Å². The molecule has 3 aromatic rings. The number of ether oxygens (including phenoxy) is 2. The second-order valence-electron chi connectivity index (χ2n) is 9.17. The summed E-state index contributed by atoms with van der Waals surface area (Å²) in [6, 6.07) is 0.945. The van der Waals surface area contributed by atoms with Crippen LogP contribution in [-0.2, 0) is 43.9 Å². The average Bonchev–Trinajstić information content (AvgIpc) is 3.58. The maximum Gasteiger partial charge on any atom is 0.330 e. The van der Waals surface area contributed by atoms with Gasteiger partial charge in [-0.2, -0.15) is 0 Å². The van der Waals surface area contributed by atoms with Gasteiger partial charge in [-0.3, -0.25) is 23.5 Å². The van der Waals surface area contributed by atoms with Crippen LogP contribution < -0.4 is 26.8 Å². The number of rotatable bonds is 2. The van der Waals surface area contributed by atoms with Crippen LogP contribution in [-0.4, -0.2) is 72.9 Å². The summed E-state index contributed by atoms with van der Waals surface area (Å²) >= 11 is 4.96. The van der Waals surface area contributed by atoms with Crippen molar-refractivity contribution in [1.82, 2.24) is 29.1 Å². The largest absolute Gasteiger partial charge is 0.780 e. The van der Waals surface area contributed by atoms with Crippen LogP contribution in [0.1, 0.15) is 18.9 Å². The first-order valence-electron chi connectivity index (χ1n) is 11.9. The van der Waals surface area contributed by atoms with E-state index in [4.69, 9.17) is 45.1 Å². The normalized spacial score (nSPS) is 38.2. The Kier molecular flexibility index (Phi) is 7.44. The highest BCUT2D eigenvalue weighted by molar-refractivity contribution is 8.06. The molecule has 3 aromatic heterocycles. The van der Waals surface area contributed by atoms with Crippen LogP contribution in [0.3, 0.4) is 0 Å². The molecule has 2 unspecified atom stereocenters. The zero-order chi connectivity index (χ0) is 29.1. The van der Waals surface area contributed by atoms with Crippen molar-refractivity contribution in [1.29, 1.82) is 0 Å². The van der Waals surface area contributed by atoms with Crippen molar-refractivity contribution in [2.45, 2.75) is 49.5 Å². The molecule has 18 nitrogen and oxygen atoms in total. The number of halogens is 1. The molecule has 222 valence electrons. The maximum absolute atomic E-state index is 15.5. The van der Waals surface area contributed by atoms with Gasteiger partial charge in [0.1, 0.15) is 43.1 Å². The van der Waals surface area contributed by atoms with Gasteiger partial charge in [-0.1, -0.05) is 11.8 Å². The van der Waals surface area contributed by atoms with E-state index in [0.29, 0.717) is 10.2 Å². The number of H-pyrrole nitrogens is 1. The molecule has 0 radical (unpaired) electrons. The van der Waals surface area contributed by atoms with Crippen LogP contribution in [0.2, 0.25) is 0 Å². The first-order chi connectivity index (χ1) is 19.4. The predicted octanol–water partition coefficient (Wildman–Crippen LogP) is -1.65. The Labute approximate surface area is 233 Å². The van der Waals surface area contributed by atoms with Crippen molar-refractivity contribution < 1.29 is 46.3 Å². The lowest BCUT2D eigenvalue weighted by Gasteiger charge is -2.36. The number of nitrogen functional groups attached to an aromatic ring is 1. The van der Waals surface area contributed by atoms with Crippen molar-refractivity contribution in [3.05, 3.63) is 45.8 Å². The third-order valence-electron chi connectivity index (χ3n) is 6.58. The van der Waals surface area contributed by atoms with E-state index in [9.17, 15) is 23.9 Å². The van der Waals surface area contributed by atoms with Gasteiger partial charge in [0, 0.05) is 18.7 Å². The summed E-state index contributed by atoms with van der Waals surface area (Å²) in [5.74, 6) is 0.117. The zero-order valence-corrected chi connectivity index (χ0v) is 23.1. The lowest BCUT2D eigenvalue weighted by Crippen LogP contribution is -2.38. The number of imidazole rings is 1. The van der Waals surface area contributed by atoms with E-state index in [2.05, 4.69) is 15.0 Å². The molecule has 3 aliphatic heterocycles. The van der Waals surface area contributed by atoms with E-state index in [1.54, 1.807) is 0 Å². The number of phosphoric ester groups is 1. The Balaban J connectivity index is 1.25. The predicted molar refractivity (Wildman–Crippen MR) is 132 cm³/mol. The van der Waals surface area contributed by atoms with Crippen molar-refractivity contribution in [3.8, 4) is 0 Å². The second kappa shape index (κ2) is 10.7. The fourth-order valence-electron chi connectivity index (χ4n) is 4.72. The Bertz CT molecular complexity index is 1690. The Morgan fingerprint density at radius 2 is 1.85 bits per heavy atom. The van der Waals surface area contributed by atoms with Crippen LogP contribution >= 0.6 is 14.5 Å². The van der Waals surface area contributed by atoms with E-state index >= 15 is 4.39 Å². The van der Waals surface area contributed by atoms with Gasteiger partial charge >= 0.3 is 5.69 Å². The van der Waals surface area contributed by atoms with Gasteiger partial charge in [0.05, 0.1) is 25.6 Å². The number of nitrogens with zero attached hydrogens (tertiary/aromatic N) is 5. The molecule has 41 heavy (non-hydrogen) atoms. The molecule has 0 aliphatic carbocycles. The summed E-state index contributed by atoms with van der Waals surface area (Å²) in [4.78, 5) is 63.6. The SMILES string of the molecule is Nc1ncnc2c1ncn2[C@H]1C[C@@H]2OP(=O)([O-])OC[C@H]3O[C@@H](n4ccc(=O)[nH]c4=O)[C@H](F)[C@@H]3OP([O-])(=S)OC[C@H]2O1. The number of nitrogens with two attached hydrogens (primary N) is 1. The maximum atomic E-state index is 15.5. The highest BCUT2D eigenvalue weighted by Gasteiger charge is 2.50. The molecule has 6 heterocycles. The minimum Gasteiger partial charge on any atom is -0.780 e. The van der Waals surface area contributed by atoms with Gasteiger partial charge in [-0.05, 0) is 0 Å². The first kappa shape index (κ1) is 28.6. The van der Waals surface area contributed by atoms with Crippen LogP contribution in [0, 0.1) is 0 Å². The molecular formula is C19H20FN7O11P2S-2. The minimum atomic E-state index is -5.10. The number of anilines is 1. The number of fused-ring (bicyclic) bond motifs is 3. The number of hydrogen-bond acceptors (Lipinski definition) is 16. The molecule has 0 aromatic carbocycles. The summed E-state index contributed by atoms with van der Waals surface area (Å²) in [5.41, 5.74) is 4.66. The molecule has 3 aliphatic rings. The second-order valence-corrected chi connectivity index (χ2v) is 13.2. The quantitative estimate of drug-likeness (QED) is 0.300. The molecule has 22 heteroatoms. The van der Waals surface area contributed by atoms with Crippen molar-refractivity contribution in [2.24, 2.45) is 0 Å². The molecule has 3 fully saturated rings. The molecule has 0 bridgehead atoms. The summed E-state index contributed by atoms with van der Waals surface area (Å²) in [7, 11) is -5.10. The van der Waals surface area contributed by atoms with Crippen LogP contribution in [0.15, 0.2) is 34.5 Å². The fraction of sp³-hybridized carbons (Fsp3) is 0.526. The summed E-state index contributed by atoms with van der Waals surface area (Å²) in [6.45, 7) is -5.91. The lowest BCUT2D eigenvalue weighted by atomic mass is 10.1. The van der Waals surface area contributed by atoms with E-state index in [1.807, 2.05) is 4.98 Å². The van der Waals surface area contributed by atoms with Crippen LogP contribution in [0.5, 0.6) is 0 Å². The number of aromatic amines is 1. The first-order valence-corrected chi connectivity index (χ1v) is 15.9. The number of hydrogen-bond donors (Lipinski definition) is 2. The van der Waals surface area contributed by atoms with E-state index in [1.165, 1.54) is 17.2 Å². The molecule has 3 N–H and O–H groups in total. The topological polar surface area (TPSA) is 243 Å². The average molecular weight is 635 g/mol. The number of nitrogens with one attached hydrogen (secondary N) is 1. The van der Waals surface area contributed by atoms with Gasteiger partial charge in [-0.25, -0.2) is 24.1 Å². The van der Waals surface area contributed by atoms with Crippen LogP contribution in [0.4, 0.5) is 10.2 Å². The van der Waals surface area contributed by atoms with Crippen molar-refractivity contribution in [2.75, 3.05) is 18.9 Å². The Morgan fingerprint density at radius 1 is 1.07 bits per heavy atom. The Morgan fingerprint density at radius 3 is 2.63 bits per heavy atom. The smallest absolute Gasteiger partial charge is 0.330 e. The third-order valence-corrected chi connectivity index (χ3v) is 9.11. The monoisotopic (exact) mass is 635 g/mol.